The van der Waals surface area contributed by atoms with Gasteiger partial charge in [-0.25, -0.2) is 9.59 Å². The van der Waals surface area contributed by atoms with Crippen molar-refractivity contribution >= 4 is 12.1 Å². The van der Waals surface area contributed by atoms with E-state index in [1.807, 2.05) is 12.1 Å². The minimum absolute atomic E-state index is 0.243. The van der Waals surface area contributed by atoms with Crippen molar-refractivity contribution in [1.29, 1.82) is 0 Å². The fourth-order valence-electron chi connectivity index (χ4n) is 2.00. The second-order valence-corrected chi connectivity index (χ2v) is 5.01. The fraction of sp³-hybridized carbons (Fsp3) is 0.333. The molecule has 0 radical (unpaired) electrons. The summed E-state index contributed by atoms with van der Waals surface area (Å²) in [7, 11) is 0. The number of alkyl carbamates (subject to hydrolysis) is 1. The zero-order valence-electron chi connectivity index (χ0n) is 11.8. The second kappa shape index (κ2) is 6.30. The Morgan fingerprint density at radius 3 is 2.71 bits per heavy atom. The molecule has 6 nitrogen and oxygen atoms in total. The molecule has 1 amide bonds. The molecule has 0 aromatic heterocycles. The highest BCUT2D eigenvalue weighted by Gasteiger charge is 2.27. The number of fused-ring (bicyclic) bond motifs is 1. The predicted molar refractivity (Wildman–Crippen MR) is 74.8 cm³/mol. The summed E-state index contributed by atoms with van der Waals surface area (Å²) in [6.45, 7) is 3.42. The molecule has 0 fully saturated rings. The molecule has 0 aliphatic carbocycles. The maximum Gasteiger partial charge on any atom is 0.408 e. The number of benzene rings is 1. The number of aliphatic carboxylic acids is 1. The standard InChI is InChI=1S/C15H17NO5/c1-9(2)13(14(17)18)16-15(19)21-12-7-8-20-11-6-4-3-5-10(11)12/h3-9,12-13H,1-2H3,(H,16,19)(H,17,18). The van der Waals surface area contributed by atoms with E-state index in [-0.39, 0.29) is 5.92 Å². The Morgan fingerprint density at radius 2 is 2.05 bits per heavy atom. The van der Waals surface area contributed by atoms with Gasteiger partial charge in [-0.3, -0.25) is 0 Å². The molecule has 2 atom stereocenters. The molecule has 2 unspecified atom stereocenters. The molecule has 2 N–H and O–H groups in total. The lowest BCUT2D eigenvalue weighted by Crippen LogP contribution is -2.44. The van der Waals surface area contributed by atoms with Gasteiger partial charge in [0.15, 0.2) is 6.10 Å². The van der Waals surface area contributed by atoms with Crippen molar-refractivity contribution < 1.29 is 24.2 Å². The quantitative estimate of drug-likeness (QED) is 0.890. The van der Waals surface area contributed by atoms with Crippen LogP contribution in [0.25, 0.3) is 0 Å². The predicted octanol–water partition coefficient (Wildman–Crippen LogP) is 2.47. The first-order valence-corrected chi connectivity index (χ1v) is 6.61. The van der Waals surface area contributed by atoms with Gasteiger partial charge in [-0.2, -0.15) is 0 Å². The number of carboxylic acid groups (broad SMARTS) is 1. The molecule has 1 heterocycles. The number of para-hydroxylation sites is 1. The molecule has 0 bridgehead atoms. The van der Waals surface area contributed by atoms with Gasteiger partial charge < -0.3 is 19.9 Å². The normalized spacial score (nSPS) is 17.6. The molecule has 0 spiro atoms. The van der Waals surface area contributed by atoms with Crippen LogP contribution in [0.15, 0.2) is 36.6 Å². The number of ether oxygens (including phenoxy) is 2. The maximum atomic E-state index is 11.9. The third kappa shape index (κ3) is 3.53. The molecule has 1 aliphatic rings. The number of amides is 1. The first kappa shape index (κ1) is 14.9. The lowest BCUT2D eigenvalue weighted by molar-refractivity contribution is -0.140. The summed E-state index contributed by atoms with van der Waals surface area (Å²) in [4.78, 5) is 22.9. The van der Waals surface area contributed by atoms with Crippen molar-refractivity contribution in [2.24, 2.45) is 5.92 Å². The minimum atomic E-state index is -1.09. The number of carbonyl (C=O) groups excluding carboxylic acids is 1. The van der Waals surface area contributed by atoms with Gasteiger partial charge in [0.25, 0.3) is 0 Å². The monoisotopic (exact) mass is 291 g/mol. The van der Waals surface area contributed by atoms with Crippen molar-refractivity contribution in [1.82, 2.24) is 5.32 Å². The van der Waals surface area contributed by atoms with E-state index in [1.165, 1.54) is 6.26 Å². The maximum absolute atomic E-state index is 11.9. The zero-order chi connectivity index (χ0) is 15.4. The highest BCUT2D eigenvalue weighted by atomic mass is 16.6. The molecule has 0 saturated carbocycles. The molecule has 6 heteroatoms. The number of carbonyl (C=O) groups is 2. The summed E-state index contributed by atoms with van der Waals surface area (Å²) >= 11 is 0. The van der Waals surface area contributed by atoms with Gasteiger partial charge in [-0.1, -0.05) is 32.0 Å². The number of hydrogen-bond acceptors (Lipinski definition) is 4. The van der Waals surface area contributed by atoms with Crippen LogP contribution in [-0.2, 0) is 9.53 Å². The van der Waals surface area contributed by atoms with Gasteiger partial charge in [0.2, 0.25) is 0 Å². The molecule has 1 aromatic rings. The Balaban J connectivity index is 2.05. The number of carboxylic acids is 1. The van der Waals surface area contributed by atoms with Gasteiger partial charge >= 0.3 is 12.1 Å². The Kier molecular flexibility index (Phi) is 4.47. The number of nitrogens with one attached hydrogen (secondary N) is 1. The summed E-state index contributed by atoms with van der Waals surface area (Å²) < 4.78 is 10.6. The van der Waals surface area contributed by atoms with E-state index in [0.717, 1.165) is 0 Å². The average molecular weight is 291 g/mol. The highest BCUT2D eigenvalue weighted by Crippen LogP contribution is 2.32. The third-order valence-corrected chi connectivity index (χ3v) is 3.11. The van der Waals surface area contributed by atoms with Gasteiger partial charge in [-0.05, 0) is 18.1 Å². The van der Waals surface area contributed by atoms with Crippen molar-refractivity contribution in [3.05, 3.63) is 42.2 Å². The molecule has 21 heavy (non-hydrogen) atoms. The smallest absolute Gasteiger partial charge is 0.408 e. The summed E-state index contributed by atoms with van der Waals surface area (Å²) in [6, 6.07) is 6.18. The van der Waals surface area contributed by atoms with Crippen LogP contribution < -0.4 is 10.1 Å². The van der Waals surface area contributed by atoms with Crippen molar-refractivity contribution in [3.63, 3.8) is 0 Å². The van der Waals surface area contributed by atoms with Gasteiger partial charge in [0.1, 0.15) is 11.8 Å². The number of rotatable bonds is 4. The molecule has 1 aliphatic heterocycles. The van der Waals surface area contributed by atoms with E-state index < -0.39 is 24.2 Å². The number of hydrogen-bond donors (Lipinski definition) is 2. The van der Waals surface area contributed by atoms with Crippen molar-refractivity contribution in [3.8, 4) is 5.75 Å². The van der Waals surface area contributed by atoms with Crippen LogP contribution in [0.4, 0.5) is 4.79 Å². The average Bonchev–Trinajstić information content (AvgIpc) is 2.44. The van der Waals surface area contributed by atoms with E-state index in [1.54, 1.807) is 32.1 Å². The van der Waals surface area contributed by atoms with E-state index in [2.05, 4.69) is 5.32 Å². The van der Waals surface area contributed by atoms with Crippen LogP contribution in [0.2, 0.25) is 0 Å². The molecule has 112 valence electrons. The largest absolute Gasteiger partial charge is 0.480 e. The van der Waals surface area contributed by atoms with Crippen molar-refractivity contribution in [2.45, 2.75) is 26.0 Å². The highest BCUT2D eigenvalue weighted by molar-refractivity contribution is 5.80. The van der Waals surface area contributed by atoms with Gasteiger partial charge in [0, 0.05) is 5.56 Å². The topological polar surface area (TPSA) is 84.9 Å². The van der Waals surface area contributed by atoms with E-state index in [4.69, 9.17) is 14.6 Å². The Hall–Kier alpha value is -2.50. The lowest BCUT2D eigenvalue weighted by atomic mass is 10.1. The second-order valence-electron chi connectivity index (χ2n) is 5.01. The van der Waals surface area contributed by atoms with Crippen LogP contribution >= 0.6 is 0 Å². The van der Waals surface area contributed by atoms with Crippen LogP contribution in [0.1, 0.15) is 25.5 Å². The van der Waals surface area contributed by atoms with E-state index >= 15 is 0 Å². The summed E-state index contributed by atoms with van der Waals surface area (Å²) in [5.74, 6) is -0.728. The van der Waals surface area contributed by atoms with Crippen LogP contribution in [0, 0.1) is 5.92 Å². The summed E-state index contributed by atoms with van der Waals surface area (Å²) in [5, 5.41) is 11.4. The Morgan fingerprint density at radius 1 is 1.33 bits per heavy atom. The first-order chi connectivity index (χ1) is 9.99. The molecule has 1 aromatic carbocycles. The SMILES string of the molecule is CC(C)C(NC(=O)OC1C=COc2ccccc21)C(=O)O. The molecule has 2 rings (SSSR count). The Labute approximate surface area is 122 Å². The molecule has 0 saturated heterocycles. The van der Waals surface area contributed by atoms with Gasteiger partial charge in [-0.15, -0.1) is 0 Å². The first-order valence-electron chi connectivity index (χ1n) is 6.61. The third-order valence-electron chi connectivity index (χ3n) is 3.11. The van der Waals surface area contributed by atoms with Crippen molar-refractivity contribution in [2.75, 3.05) is 0 Å². The fourth-order valence-corrected chi connectivity index (χ4v) is 2.00. The zero-order valence-corrected chi connectivity index (χ0v) is 11.8. The molecular weight excluding hydrogens is 274 g/mol. The minimum Gasteiger partial charge on any atom is -0.480 e. The lowest BCUT2D eigenvalue weighted by Gasteiger charge is -2.23. The summed E-state index contributed by atoms with van der Waals surface area (Å²) in [5.41, 5.74) is 0.714. The van der Waals surface area contributed by atoms with Crippen LogP contribution in [-0.4, -0.2) is 23.2 Å². The van der Waals surface area contributed by atoms with Gasteiger partial charge in [0.05, 0.1) is 6.26 Å². The molecular formula is C15H17NO5. The summed E-state index contributed by atoms with van der Waals surface area (Å²) in [6.07, 6.45) is 1.66. The van der Waals surface area contributed by atoms with E-state index in [0.29, 0.717) is 11.3 Å². The van der Waals surface area contributed by atoms with E-state index in [9.17, 15) is 9.59 Å². The van der Waals surface area contributed by atoms with Crippen LogP contribution in [0.5, 0.6) is 5.75 Å². The Bertz CT molecular complexity index is 567. The van der Waals surface area contributed by atoms with Crippen LogP contribution in [0.3, 0.4) is 0 Å².